The number of benzene rings is 2. The summed E-state index contributed by atoms with van der Waals surface area (Å²) in [5, 5.41) is 18.6. The maximum atomic E-state index is 15.3. The molecule has 2 aromatic rings. The van der Waals surface area contributed by atoms with Gasteiger partial charge in [-0.1, -0.05) is 23.7 Å². The Hall–Kier alpha value is -2.52. The van der Waals surface area contributed by atoms with Crippen LogP contribution in [0.2, 0.25) is 5.02 Å². The second-order valence-corrected chi connectivity index (χ2v) is 14.3. The number of anilines is 1. The van der Waals surface area contributed by atoms with Gasteiger partial charge in [-0.05, 0) is 68.2 Å². The van der Waals surface area contributed by atoms with Gasteiger partial charge in [-0.15, -0.1) is 10.8 Å². The monoisotopic (exact) mass is 656 g/mol. The number of piperazine rings is 1. The van der Waals surface area contributed by atoms with E-state index in [1.54, 1.807) is 28.6 Å². The Bertz CT molecular complexity index is 1330. The molecule has 0 aromatic heterocycles. The molecular weight excluding hydrogens is 618 g/mol. The van der Waals surface area contributed by atoms with Crippen molar-refractivity contribution in [1.29, 1.82) is 0 Å². The lowest BCUT2D eigenvalue weighted by molar-refractivity contribution is -0.119. The zero-order valence-electron chi connectivity index (χ0n) is 24.2. The summed E-state index contributed by atoms with van der Waals surface area (Å²) in [4.78, 5) is 25.8. The molecule has 2 aromatic carbocycles. The van der Waals surface area contributed by atoms with E-state index in [-0.39, 0.29) is 41.4 Å². The maximum absolute atomic E-state index is 15.3. The largest absolute Gasteiger partial charge is 0.465 e. The molecule has 10 nitrogen and oxygen atoms in total. The van der Waals surface area contributed by atoms with Gasteiger partial charge in [0.2, 0.25) is 5.91 Å². The smallest absolute Gasteiger partial charge is 0.405 e. The molecule has 0 radical (unpaired) electrons. The second kappa shape index (κ2) is 14.3. The number of hydrogen-bond donors (Lipinski definition) is 6. The number of rotatable bonds is 9. The molecule has 6 N–H and O–H groups in total. The van der Waals surface area contributed by atoms with Crippen molar-refractivity contribution < 1.29 is 37.3 Å². The molecule has 3 saturated heterocycles. The van der Waals surface area contributed by atoms with Crippen LogP contribution in [0.1, 0.15) is 49.1 Å². The van der Waals surface area contributed by atoms with Crippen LogP contribution in [-0.2, 0) is 16.0 Å². The molecule has 3 aliphatic rings. The molecule has 5 rings (SSSR count). The molecule has 5 atom stereocenters. The number of nitrogens with one attached hydrogen (secondary N) is 3. The summed E-state index contributed by atoms with van der Waals surface area (Å²) in [5.41, 5.74) is 0.646. The summed E-state index contributed by atoms with van der Waals surface area (Å²) in [7, 11) is -2.97. The van der Waals surface area contributed by atoms with Crippen molar-refractivity contribution in [2.24, 2.45) is 5.92 Å². The number of carboxylic acid groups (broad SMARTS) is 1. The van der Waals surface area contributed by atoms with Crippen molar-refractivity contribution in [2.75, 3.05) is 37.4 Å². The van der Waals surface area contributed by atoms with Crippen molar-refractivity contribution in [1.82, 2.24) is 14.9 Å². The molecule has 3 heterocycles. The van der Waals surface area contributed by atoms with Crippen molar-refractivity contribution in [3.63, 3.8) is 0 Å². The molecule has 0 saturated carbocycles. The first-order valence-electron chi connectivity index (χ1n) is 14.9. The first kappa shape index (κ1) is 32.9. The van der Waals surface area contributed by atoms with Crippen LogP contribution in [0.3, 0.4) is 0 Å². The van der Waals surface area contributed by atoms with Gasteiger partial charge in [-0.2, -0.15) is 0 Å². The lowest BCUT2D eigenvalue weighted by Crippen LogP contribution is -2.55. The SMILES string of the molecule is O=C(O)N[C@H](C(=O)Nc1cc(F)cc(F)c1CC[C@H]1CN[C@@H]2CCCS(O)(O)N1C2)[C@@H](c1ccc(Cl)cc1)C1CCOCC1. The Morgan fingerprint density at radius 2 is 1.86 bits per heavy atom. The summed E-state index contributed by atoms with van der Waals surface area (Å²) in [6.45, 7) is 1.84. The van der Waals surface area contributed by atoms with E-state index in [4.69, 9.17) is 16.3 Å². The number of amides is 2. The summed E-state index contributed by atoms with van der Waals surface area (Å²) >= 11 is 6.11. The van der Waals surface area contributed by atoms with Crippen LogP contribution in [0.4, 0.5) is 19.3 Å². The minimum atomic E-state index is -2.97. The third-order valence-corrected chi connectivity index (χ3v) is 11.2. The van der Waals surface area contributed by atoms with Crippen LogP contribution in [-0.4, -0.2) is 80.7 Å². The predicted octanol–water partition coefficient (Wildman–Crippen LogP) is 5.44. The Morgan fingerprint density at radius 3 is 2.57 bits per heavy atom. The van der Waals surface area contributed by atoms with Gasteiger partial charge in [0.15, 0.2) is 0 Å². The van der Waals surface area contributed by atoms with E-state index >= 15 is 4.39 Å². The van der Waals surface area contributed by atoms with Crippen LogP contribution >= 0.6 is 22.4 Å². The lowest BCUT2D eigenvalue weighted by atomic mass is 9.76. The van der Waals surface area contributed by atoms with E-state index in [1.807, 2.05) is 0 Å². The standard InChI is InChI=1S/C30H39ClF2N4O6S/c31-20-5-3-18(4-6-20)27(19-9-11-43-12-10-19)28(36-30(39)40)29(38)35-26-15-21(32)14-25(33)24(26)8-7-23-16-34-22-2-1-13-44(41,42)37(23)17-22/h3-6,14-15,19,22-23,27-28,34,36,41-42H,1-2,7-13,16-17H2,(H,35,38)(H,39,40)/t22-,23+,27+,28+/m1/s1. The van der Waals surface area contributed by atoms with Gasteiger partial charge in [0.25, 0.3) is 0 Å². The highest BCUT2D eigenvalue weighted by Gasteiger charge is 2.40. The predicted molar refractivity (Wildman–Crippen MR) is 165 cm³/mol. The fourth-order valence-corrected chi connectivity index (χ4v) is 8.70. The quantitative estimate of drug-likeness (QED) is 0.210. The van der Waals surface area contributed by atoms with Crippen molar-refractivity contribution in [2.45, 2.75) is 62.6 Å². The van der Waals surface area contributed by atoms with E-state index < -0.39 is 46.4 Å². The van der Waals surface area contributed by atoms with Crippen LogP contribution in [0, 0.1) is 17.6 Å². The van der Waals surface area contributed by atoms with E-state index in [1.165, 1.54) is 0 Å². The zero-order valence-corrected chi connectivity index (χ0v) is 25.8. The highest BCUT2D eigenvalue weighted by molar-refractivity contribution is 8.22. The topological polar surface area (TPSA) is 143 Å². The fourth-order valence-electron chi connectivity index (χ4n) is 6.71. The van der Waals surface area contributed by atoms with Crippen molar-refractivity contribution >= 4 is 40.1 Å². The number of hydrogen-bond acceptors (Lipinski definition) is 7. The molecule has 2 bridgehead atoms. The average molecular weight is 657 g/mol. The van der Waals surface area contributed by atoms with E-state index in [2.05, 4.69) is 16.0 Å². The first-order chi connectivity index (χ1) is 21.0. The van der Waals surface area contributed by atoms with Crippen molar-refractivity contribution in [3.05, 3.63) is 64.2 Å². The number of fused-ring (bicyclic) bond motifs is 2. The third kappa shape index (κ3) is 7.82. The van der Waals surface area contributed by atoms with Crippen LogP contribution < -0.4 is 16.0 Å². The van der Waals surface area contributed by atoms with Gasteiger partial charge in [0.1, 0.15) is 17.7 Å². The van der Waals surface area contributed by atoms with E-state index in [0.29, 0.717) is 62.6 Å². The Kier molecular flexibility index (Phi) is 10.7. The Labute approximate surface area is 262 Å². The van der Waals surface area contributed by atoms with Gasteiger partial charge in [0.05, 0.1) is 5.75 Å². The number of nitrogens with zero attached hydrogens (tertiary/aromatic N) is 1. The number of carbonyl (C=O) groups is 2. The first-order valence-corrected chi connectivity index (χ1v) is 16.9. The van der Waals surface area contributed by atoms with E-state index in [9.17, 15) is 28.2 Å². The molecule has 0 aliphatic carbocycles. The van der Waals surface area contributed by atoms with Gasteiger partial charge in [-0.25, -0.2) is 17.9 Å². The summed E-state index contributed by atoms with van der Waals surface area (Å²) in [5.74, 6) is -2.96. The Balaban J connectivity index is 1.41. The Morgan fingerprint density at radius 1 is 1.14 bits per heavy atom. The average Bonchev–Trinajstić information content (AvgIpc) is 3.09. The molecule has 14 heteroatoms. The fraction of sp³-hybridized carbons (Fsp3) is 0.533. The zero-order chi connectivity index (χ0) is 31.4. The van der Waals surface area contributed by atoms with Gasteiger partial charge < -0.3 is 25.8 Å². The lowest BCUT2D eigenvalue weighted by Gasteiger charge is -2.49. The van der Waals surface area contributed by atoms with E-state index in [0.717, 1.165) is 18.6 Å². The molecule has 242 valence electrons. The van der Waals surface area contributed by atoms with Gasteiger partial charge in [-0.3, -0.25) is 13.9 Å². The van der Waals surface area contributed by atoms with Crippen LogP contribution in [0.5, 0.6) is 0 Å². The summed E-state index contributed by atoms with van der Waals surface area (Å²) in [6, 6.07) is 7.12. The molecule has 44 heavy (non-hydrogen) atoms. The number of ether oxygens (including phenoxy) is 1. The van der Waals surface area contributed by atoms with Gasteiger partial charge in [0, 0.05) is 66.6 Å². The van der Waals surface area contributed by atoms with Gasteiger partial charge >= 0.3 is 6.09 Å². The minimum absolute atomic E-state index is 0.0522. The minimum Gasteiger partial charge on any atom is -0.465 e. The normalized spacial score (nSPS) is 25.7. The van der Waals surface area contributed by atoms with Crippen molar-refractivity contribution in [3.8, 4) is 0 Å². The summed E-state index contributed by atoms with van der Waals surface area (Å²) in [6.07, 6.45) is 1.66. The molecule has 1 unspecified atom stereocenters. The van der Waals surface area contributed by atoms with Crippen LogP contribution in [0.25, 0.3) is 0 Å². The second-order valence-electron chi connectivity index (χ2n) is 11.7. The number of carbonyl (C=O) groups excluding carboxylic acids is 1. The molecule has 0 spiro atoms. The summed E-state index contributed by atoms with van der Waals surface area (Å²) < 4.78 is 58.6. The van der Waals surface area contributed by atoms with Crippen LogP contribution in [0.15, 0.2) is 36.4 Å². The number of halogens is 3. The molecular formula is C30H39ClF2N4O6S. The highest BCUT2D eigenvalue weighted by atomic mass is 35.5. The molecule has 2 amide bonds. The third-order valence-electron chi connectivity index (χ3n) is 8.89. The maximum Gasteiger partial charge on any atom is 0.405 e. The molecule has 3 aliphatic heterocycles. The highest BCUT2D eigenvalue weighted by Crippen LogP contribution is 2.49. The molecule has 3 fully saturated rings.